The molecule has 0 aromatic heterocycles. The molecule has 0 atom stereocenters. The first kappa shape index (κ1) is 19.4. The zero-order valence-corrected chi connectivity index (χ0v) is 16.0. The van der Waals surface area contributed by atoms with Crippen LogP contribution in [0, 0.1) is 0 Å². The largest absolute Gasteiger partial charge is 0.493 e. The number of ether oxygens (including phenoxy) is 2. The van der Waals surface area contributed by atoms with Gasteiger partial charge in [0.2, 0.25) is 0 Å². The highest BCUT2D eigenvalue weighted by molar-refractivity contribution is 6.32. The van der Waals surface area contributed by atoms with Gasteiger partial charge in [-0.05, 0) is 37.6 Å². The Morgan fingerprint density at radius 2 is 1.84 bits per heavy atom. The Bertz CT molecular complexity index is 749. The summed E-state index contributed by atoms with van der Waals surface area (Å²) in [4.78, 5) is 14.6. The molecule has 4 nitrogen and oxygen atoms in total. The zero-order chi connectivity index (χ0) is 18.4. The highest BCUT2D eigenvalue weighted by atomic mass is 35.5. The molecule has 2 aromatic carbocycles. The van der Waals surface area contributed by atoms with E-state index in [9.17, 15) is 4.79 Å². The maximum Gasteiger partial charge on any atom is 0.254 e. The Morgan fingerprint density at radius 1 is 1.12 bits per heavy atom. The normalized spacial score (nSPS) is 10.4. The molecule has 0 N–H and O–H groups in total. The van der Waals surface area contributed by atoms with E-state index in [1.54, 1.807) is 17.0 Å². The third kappa shape index (κ3) is 4.59. The lowest BCUT2D eigenvalue weighted by molar-refractivity contribution is 0.0752. The number of amides is 1. The van der Waals surface area contributed by atoms with Crippen LogP contribution in [-0.2, 0) is 6.54 Å². The minimum atomic E-state index is -0.148. The molecule has 0 bridgehead atoms. The molecule has 25 heavy (non-hydrogen) atoms. The average Bonchev–Trinajstić information content (AvgIpc) is 2.62. The second-order valence-electron chi connectivity index (χ2n) is 5.33. The monoisotopic (exact) mass is 381 g/mol. The van der Waals surface area contributed by atoms with Crippen LogP contribution in [0.2, 0.25) is 10.0 Å². The van der Waals surface area contributed by atoms with Gasteiger partial charge in [0, 0.05) is 23.7 Å². The van der Waals surface area contributed by atoms with Crippen LogP contribution in [0.4, 0.5) is 0 Å². The fourth-order valence-corrected chi connectivity index (χ4v) is 2.93. The van der Waals surface area contributed by atoms with E-state index in [1.165, 1.54) is 7.11 Å². The van der Waals surface area contributed by atoms with E-state index in [0.717, 1.165) is 5.56 Å². The van der Waals surface area contributed by atoms with Gasteiger partial charge in [-0.15, -0.1) is 0 Å². The quantitative estimate of drug-likeness (QED) is 0.672. The Balaban J connectivity index is 2.31. The third-order valence-corrected chi connectivity index (χ3v) is 4.40. The summed E-state index contributed by atoms with van der Waals surface area (Å²) in [5.41, 5.74) is 1.34. The van der Waals surface area contributed by atoms with Gasteiger partial charge in [-0.3, -0.25) is 4.79 Å². The smallest absolute Gasteiger partial charge is 0.254 e. The number of methoxy groups -OCH3 is 1. The molecule has 2 aromatic rings. The fourth-order valence-electron chi connectivity index (χ4n) is 2.47. The summed E-state index contributed by atoms with van der Waals surface area (Å²) in [6, 6.07) is 10.7. The first-order chi connectivity index (χ1) is 12.0. The fraction of sp³-hybridized carbons (Fsp3) is 0.316. The van der Waals surface area contributed by atoms with Crippen molar-refractivity contribution in [1.82, 2.24) is 4.90 Å². The summed E-state index contributed by atoms with van der Waals surface area (Å²) in [5, 5.41) is 0.981. The van der Waals surface area contributed by atoms with E-state index in [0.29, 0.717) is 46.8 Å². The van der Waals surface area contributed by atoms with Crippen LogP contribution in [0.1, 0.15) is 29.8 Å². The van der Waals surface area contributed by atoms with E-state index in [1.807, 2.05) is 38.1 Å². The summed E-state index contributed by atoms with van der Waals surface area (Å²) >= 11 is 12.5. The van der Waals surface area contributed by atoms with Crippen LogP contribution < -0.4 is 9.47 Å². The number of hydrogen-bond acceptors (Lipinski definition) is 3. The van der Waals surface area contributed by atoms with Crippen molar-refractivity contribution >= 4 is 29.1 Å². The second-order valence-corrected chi connectivity index (χ2v) is 6.15. The number of nitrogens with zero attached hydrogens (tertiary/aromatic N) is 1. The molecule has 134 valence electrons. The van der Waals surface area contributed by atoms with E-state index in [-0.39, 0.29) is 5.91 Å². The van der Waals surface area contributed by atoms with Crippen molar-refractivity contribution in [1.29, 1.82) is 0 Å². The van der Waals surface area contributed by atoms with Gasteiger partial charge in [0.05, 0.1) is 18.7 Å². The number of carbonyl (C=O) groups is 1. The molecule has 0 fully saturated rings. The van der Waals surface area contributed by atoms with Crippen LogP contribution >= 0.6 is 23.2 Å². The number of hydrogen-bond donors (Lipinski definition) is 0. The van der Waals surface area contributed by atoms with Gasteiger partial charge in [0.15, 0.2) is 11.5 Å². The summed E-state index contributed by atoms with van der Waals surface area (Å²) in [5.74, 6) is 0.731. The van der Waals surface area contributed by atoms with Crippen molar-refractivity contribution in [3.63, 3.8) is 0 Å². The molecule has 0 spiro atoms. The van der Waals surface area contributed by atoms with Gasteiger partial charge < -0.3 is 14.4 Å². The average molecular weight is 382 g/mol. The molecule has 0 aliphatic heterocycles. The first-order valence-electron chi connectivity index (χ1n) is 8.04. The van der Waals surface area contributed by atoms with Crippen LogP contribution in [-0.4, -0.2) is 31.1 Å². The SMILES string of the molecule is CCOc1c(Cl)cc(C(=O)N(CC)Cc2ccccc2Cl)cc1OC. The Labute approximate surface area is 158 Å². The summed E-state index contributed by atoms with van der Waals surface area (Å²) in [7, 11) is 1.52. The lowest BCUT2D eigenvalue weighted by Gasteiger charge is -2.22. The summed E-state index contributed by atoms with van der Waals surface area (Å²) in [6.07, 6.45) is 0. The number of rotatable bonds is 7. The van der Waals surface area contributed by atoms with E-state index >= 15 is 0 Å². The lowest BCUT2D eigenvalue weighted by Crippen LogP contribution is -2.30. The maximum atomic E-state index is 12.9. The van der Waals surface area contributed by atoms with Crippen molar-refractivity contribution < 1.29 is 14.3 Å². The molecule has 0 aliphatic rings. The van der Waals surface area contributed by atoms with Crippen LogP contribution in [0.3, 0.4) is 0 Å². The van der Waals surface area contributed by atoms with Gasteiger partial charge in [-0.2, -0.15) is 0 Å². The number of halogens is 2. The summed E-state index contributed by atoms with van der Waals surface area (Å²) in [6.45, 7) is 5.19. The Kier molecular flexibility index (Phi) is 6.97. The molecule has 1 amide bonds. The molecule has 6 heteroatoms. The Morgan fingerprint density at radius 3 is 2.44 bits per heavy atom. The highest BCUT2D eigenvalue weighted by Crippen LogP contribution is 2.36. The van der Waals surface area contributed by atoms with Crippen LogP contribution in [0.25, 0.3) is 0 Å². The van der Waals surface area contributed by atoms with Crippen molar-refractivity contribution in [3.05, 3.63) is 57.6 Å². The molecule has 2 rings (SSSR count). The van der Waals surface area contributed by atoms with Gasteiger partial charge >= 0.3 is 0 Å². The van der Waals surface area contributed by atoms with E-state index in [4.69, 9.17) is 32.7 Å². The topological polar surface area (TPSA) is 38.8 Å². The second kappa shape index (κ2) is 8.97. The molecule has 0 saturated carbocycles. The zero-order valence-electron chi connectivity index (χ0n) is 14.5. The predicted molar refractivity (Wildman–Crippen MR) is 101 cm³/mol. The van der Waals surface area contributed by atoms with Gasteiger partial charge in [0.1, 0.15) is 0 Å². The standard InChI is InChI=1S/C19H21Cl2NO3/c1-4-22(12-13-8-6-7-9-15(13)20)19(23)14-10-16(21)18(25-5-2)17(11-14)24-3/h6-11H,4-5,12H2,1-3H3. The van der Waals surface area contributed by atoms with E-state index < -0.39 is 0 Å². The lowest BCUT2D eigenvalue weighted by atomic mass is 10.1. The van der Waals surface area contributed by atoms with Crippen molar-refractivity contribution in [3.8, 4) is 11.5 Å². The molecule has 0 saturated heterocycles. The number of benzene rings is 2. The maximum absolute atomic E-state index is 12.9. The molecule has 0 radical (unpaired) electrons. The molecular weight excluding hydrogens is 361 g/mol. The molecular formula is C19H21Cl2NO3. The van der Waals surface area contributed by atoms with Crippen molar-refractivity contribution in [2.75, 3.05) is 20.3 Å². The molecule has 0 unspecified atom stereocenters. The van der Waals surface area contributed by atoms with E-state index in [2.05, 4.69) is 0 Å². The third-order valence-electron chi connectivity index (χ3n) is 3.75. The van der Waals surface area contributed by atoms with Gasteiger partial charge in [-0.25, -0.2) is 0 Å². The first-order valence-corrected chi connectivity index (χ1v) is 8.80. The number of carbonyl (C=O) groups excluding carboxylic acids is 1. The minimum absolute atomic E-state index is 0.148. The van der Waals surface area contributed by atoms with Crippen molar-refractivity contribution in [2.45, 2.75) is 20.4 Å². The van der Waals surface area contributed by atoms with Crippen molar-refractivity contribution in [2.24, 2.45) is 0 Å². The van der Waals surface area contributed by atoms with Gasteiger partial charge in [0.25, 0.3) is 5.91 Å². The predicted octanol–water partition coefficient (Wildman–Crippen LogP) is 5.06. The Hall–Kier alpha value is -1.91. The van der Waals surface area contributed by atoms with Crippen LogP contribution in [0.15, 0.2) is 36.4 Å². The van der Waals surface area contributed by atoms with Gasteiger partial charge in [-0.1, -0.05) is 41.4 Å². The summed E-state index contributed by atoms with van der Waals surface area (Å²) < 4.78 is 10.8. The molecule has 0 aliphatic carbocycles. The highest BCUT2D eigenvalue weighted by Gasteiger charge is 2.20. The minimum Gasteiger partial charge on any atom is -0.493 e. The van der Waals surface area contributed by atoms with Crippen LogP contribution in [0.5, 0.6) is 11.5 Å². The molecule has 0 heterocycles.